The van der Waals surface area contributed by atoms with E-state index in [0.29, 0.717) is 30.8 Å². The molecule has 0 saturated carbocycles. The molecule has 0 aromatic heterocycles. The van der Waals surface area contributed by atoms with Crippen LogP contribution in [0, 0.1) is 11.6 Å². The Morgan fingerprint density at radius 2 is 2.00 bits per heavy atom. The second kappa shape index (κ2) is 7.61. The summed E-state index contributed by atoms with van der Waals surface area (Å²) in [5.74, 6) is -1.97. The van der Waals surface area contributed by atoms with Crippen LogP contribution >= 0.6 is 0 Å². The quantitative estimate of drug-likeness (QED) is 0.894. The molecule has 2 N–H and O–H groups in total. The van der Waals surface area contributed by atoms with E-state index < -0.39 is 17.7 Å². The van der Waals surface area contributed by atoms with Gasteiger partial charge in [0.1, 0.15) is 0 Å². The Bertz CT molecular complexity index is 767. The highest BCUT2D eigenvalue weighted by molar-refractivity contribution is 5.99. The van der Waals surface area contributed by atoms with Crippen LogP contribution in [-0.2, 0) is 6.54 Å². The second-order valence-electron chi connectivity index (χ2n) is 6.16. The van der Waals surface area contributed by atoms with Crippen molar-refractivity contribution in [1.82, 2.24) is 4.90 Å². The van der Waals surface area contributed by atoms with E-state index in [0.717, 1.165) is 12.5 Å². The Balaban J connectivity index is 1.76. The van der Waals surface area contributed by atoms with Crippen LogP contribution in [0.3, 0.4) is 0 Å². The standard InChI is InChI=1S/C19H20F2N2O2/c20-16-8-3-5-13(18(16)21)11-22-17-9-2-1-7-15(17)19(25)23-10-4-6-14(24)12-23/h1-3,5,7-9,14,22,24H,4,6,10-12H2. The van der Waals surface area contributed by atoms with Gasteiger partial charge < -0.3 is 15.3 Å². The van der Waals surface area contributed by atoms with E-state index in [1.807, 2.05) is 0 Å². The Morgan fingerprint density at radius 1 is 1.20 bits per heavy atom. The summed E-state index contributed by atoms with van der Waals surface area (Å²) in [4.78, 5) is 14.4. The Morgan fingerprint density at radius 3 is 2.80 bits per heavy atom. The van der Waals surface area contributed by atoms with E-state index in [1.165, 1.54) is 12.1 Å². The number of hydrogen-bond acceptors (Lipinski definition) is 3. The first-order valence-electron chi connectivity index (χ1n) is 8.29. The molecule has 1 aliphatic rings. The number of amides is 1. The van der Waals surface area contributed by atoms with Gasteiger partial charge in [0.25, 0.3) is 5.91 Å². The van der Waals surface area contributed by atoms with Crippen molar-refractivity contribution in [3.05, 3.63) is 65.2 Å². The van der Waals surface area contributed by atoms with Crippen molar-refractivity contribution in [3.63, 3.8) is 0 Å². The molecular weight excluding hydrogens is 326 g/mol. The van der Waals surface area contributed by atoms with Crippen LogP contribution in [0.2, 0.25) is 0 Å². The lowest BCUT2D eigenvalue weighted by Crippen LogP contribution is -2.42. The number of β-amino-alcohol motifs (C(OH)–C–C–N with tert-alkyl or cyclic N) is 1. The van der Waals surface area contributed by atoms with Crippen molar-refractivity contribution in [3.8, 4) is 0 Å². The molecule has 1 heterocycles. The number of para-hydroxylation sites is 1. The fourth-order valence-corrected chi connectivity index (χ4v) is 3.01. The van der Waals surface area contributed by atoms with Crippen LogP contribution in [0.25, 0.3) is 0 Å². The van der Waals surface area contributed by atoms with Gasteiger partial charge in [0.15, 0.2) is 11.6 Å². The lowest BCUT2D eigenvalue weighted by Gasteiger charge is -2.30. The van der Waals surface area contributed by atoms with E-state index in [2.05, 4.69) is 5.32 Å². The summed E-state index contributed by atoms with van der Waals surface area (Å²) in [5.41, 5.74) is 1.19. The number of nitrogens with one attached hydrogen (secondary N) is 1. The molecule has 25 heavy (non-hydrogen) atoms. The largest absolute Gasteiger partial charge is 0.391 e. The highest BCUT2D eigenvalue weighted by Crippen LogP contribution is 2.21. The smallest absolute Gasteiger partial charge is 0.256 e. The third-order valence-electron chi connectivity index (χ3n) is 4.34. The number of nitrogens with zero attached hydrogens (tertiary/aromatic N) is 1. The molecule has 1 fully saturated rings. The molecule has 4 nitrogen and oxygen atoms in total. The number of benzene rings is 2. The van der Waals surface area contributed by atoms with Gasteiger partial charge in [-0.1, -0.05) is 24.3 Å². The number of halogens is 2. The van der Waals surface area contributed by atoms with Gasteiger partial charge in [-0.25, -0.2) is 8.78 Å². The van der Waals surface area contributed by atoms with Crippen molar-refractivity contribution in [2.75, 3.05) is 18.4 Å². The molecule has 0 bridgehead atoms. The summed E-state index contributed by atoms with van der Waals surface area (Å²) in [5, 5.41) is 12.8. The molecule has 1 unspecified atom stereocenters. The molecule has 1 atom stereocenters. The molecular formula is C19H20F2N2O2. The van der Waals surface area contributed by atoms with Gasteiger partial charge in [-0.2, -0.15) is 0 Å². The number of aliphatic hydroxyl groups is 1. The predicted molar refractivity (Wildman–Crippen MR) is 91.3 cm³/mol. The Labute approximate surface area is 145 Å². The first-order valence-corrected chi connectivity index (χ1v) is 8.29. The molecule has 1 saturated heterocycles. The number of carbonyl (C=O) groups is 1. The van der Waals surface area contributed by atoms with Gasteiger partial charge in [-0.05, 0) is 31.0 Å². The molecule has 0 spiro atoms. The summed E-state index contributed by atoms with van der Waals surface area (Å²) in [7, 11) is 0. The second-order valence-corrected chi connectivity index (χ2v) is 6.16. The van der Waals surface area contributed by atoms with Crippen LogP contribution < -0.4 is 5.32 Å². The van der Waals surface area contributed by atoms with Crippen molar-refractivity contribution < 1.29 is 18.7 Å². The van der Waals surface area contributed by atoms with E-state index >= 15 is 0 Å². The summed E-state index contributed by atoms with van der Waals surface area (Å²) in [6.07, 6.45) is 0.957. The fraction of sp³-hybridized carbons (Fsp3) is 0.316. The van der Waals surface area contributed by atoms with Crippen LogP contribution in [0.4, 0.5) is 14.5 Å². The maximum Gasteiger partial charge on any atom is 0.256 e. The minimum absolute atomic E-state index is 0.0660. The SMILES string of the molecule is O=C(c1ccccc1NCc1cccc(F)c1F)N1CCCC(O)C1. The number of piperidine rings is 1. The third kappa shape index (κ3) is 3.96. The van der Waals surface area contributed by atoms with Gasteiger partial charge in [-0.15, -0.1) is 0 Å². The highest BCUT2D eigenvalue weighted by Gasteiger charge is 2.24. The Kier molecular flexibility index (Phi) is 5.28. The fourth-order valence-electron chi connectivity index (χ4n) is 3.01. The van der Waals surface area contributed by atoms with Gasteiger partial charge in [0.05, 0.1) is 11.7 Å². The predicted octanol–water partition coefficient (Wildman–Crippen LogP) is 3.17. The third-order valence-corrected chi connectivity index (χ3v) is 4.34. The van der Waals surface area contributed by atoms with Gasteiger partial charge >= 0.3 is 0 Å². The molecule has 1 amide bonds. The normalized spacial score (nSPS) is 17.4. The number of aliphatic hydroxyl groups excluding tert-OH is 1. The van der Waals surface area contributed by atoms with Gasteiger partial charge in [0, 0.05) is 30.9 Å². The maximum atomic E-state index is 13.8. The molecule has 3 rings (SSSR count). The Hall–Kier alpha value is -2.47. The van der Waals surface area contributed by atoms with Crippen LogP contribution in [0.15, 0.2) is 42.5 Å². The number of likely N-dealkylation sites (tertiary alicyclic amines) is 1. The molecule has 2 aromatic rings. The topological polar surface area (TPSA) is 52.6 Å². The zero-order valence-electron chi connectivity index (χ0n) is 13.7. The number of hydrogen-bond donors (Lipinski definition) is 2. The minimum atomic E-state index is -0.897. The van der Waals surface area contributed by atoms with E-state index in [1.54, 1.807) is 29.2 Å². The summed E-state index contributed by atoms with van der Waals surface area (Å²) >= 11 is 0. The lowest BCUT2D eigenvalue weighted by molar-refractivity contribution is 0.0474. The average Bonchev–Trinajstić information content (AvgIpc) is 2.62. The molecule has 2 aromatic carbocycles. The highest BCUT2D eigenvalue weighted by atomic mass is 19.2. The minimum Gasteiger partial charge on any atom is -0.391 e. The van der Waals surface area contributed by atoms with Gasteiger partial charge in [0.2, 0.25) is 0 Å². The number of rotatable bonds is 4. The van der Waals surface area contributed by atoms with Crippen molar-refractivity contribution in [1.29, 1.82) is 0 Å². The number of anilines is 1. The van der Waals surface area contributed by atoms with Crippen LogP contribution in [-0.4, -0.2) is 35.1 Å². The van der Waals surface area contributed by atoms with Gasteiger partial charge in [-0.3, -0.25) is 4.79 Å². The molecule has 0 aliphatic carbocycles. The van der Waals surface area contributed by atoms with Crippen molar-refractivity contribution >= 4 is 11.6 Å². The summed E-state index contributed by atoms with van der Waals surface area (Å²) < 4.78 is 27.1. The monoisotopic (exact) mass is 346 g/mol. The average molecular weight is 346 g/mol. The van der Waals surface area contributed by atoms with Crippen molar-refractivity contribution in [2.24, 2.45) is 0 Å². The molecule has 0 radical (unpaired) electrons. The van der Waals surface area contributed by atoms with Crippen LogP contribution in [0.1, 0.15) is 28.8 Å². The van der Waals surface area contributed by atoms with E-state index in [4.69, 9.17) is 0 Å². The molecule has 1 aliphatic heterocycles. The summed E-state index contributed by atoms with van der Waals surface area (Å²) in [6.45, 7) is 0.977. The zero-order chi connectivity index (χ0) is 17.8. The van der Waals surface area contributed by atoms with Crippen molar-refractivity contribution in [2.45, 2.75) is 25.5 Å². The van der Waals surface area contributed by atoms with E-state index in [9.17, 15) is 18.7 Å². The molecule has 6 heteroatoms. The van der Waals surface area contributed by atoms with Crippen LogP contribution in [0.5, 0.6) is 0 Å². The summed E-state index contributed by atoms with van der Waals surface area (Å²) in [6, 6.07) is 10.9. The molecule has 132 valence electrons. The maximum absolute atomic E-state index is 13.8. The van der Waals surface area contributed by atoms with E-state index in [-0.39, 0.29) is 18.0 Å². The first kappa shape index (κ1) is 17.4. The zero-order valence-corrected chi connectivity index (χ0v) is 13.7. The lowest BCUT2D eigenvalue weighted by atomic mass is 10.1. The number of carbonyl (C=O) groups excluding carboxylic acids is 1. The first-order chi connectivity index (χ1) is 12.1.